The molecule has 112 valence electrons. The Kier molecular flexibility index (Phi) is 3.72. The molecule has 1 saturated heterocycles. The minimum atomic E-state index is 0.338. The minimum absolute atomic E-state index is 0.338. The van der Waals surface area contributed by atoms with E-state index >= 15 is 0 Å². The predicted octanol–water partition coefficient (Wildman–Crippen LogP) is 1.62. The van der Waals surface area contributed by atoms with Gasteiger partial charge in [-0.15, -0.1) is 0 Å². The van der Waals surface area contributed by atoms with Gasteiger partial charge in [0.2, 0.25) is 5.89 Å². The van der Waals surface area contributed by atoms with Crippen LogP contribution in [-0.4, -0.2) is 47.3 Å². The summed E-state index contributed by atoms with van der Waals surface area (Å²) in [6, 6.07) is 2.02. The predicted molar refractivity (Wildman–Crippen MR) is 79.6 cm³/mol. The molecule has 0 bridgehead atoms. The van der Waals surface area contributed by atoms with E-state index in [1.165, 1.54) is 0 Å². The fourth-order valence-corrected chi connectivity index (χ4v) is 2.54. The Labute approximate surface area is 124 Å². The highest BCUT2D eigenvalue weighted by molar-refractivity contribution is 5.39. The van der Waals surface area contributed by atoms with Crippen LogP contribution >= 0.6 is 0 Å². The van der Waals surface area contributed by atoms with Gasteiger partial charge in [0.1, 0.15) is 12.1 Å². The number of aromatic nitrogens is 4. The summed E-state index contributed by atoms with van der Waals surface area (Å²) >= 11 is 0. The van der Waals surface area contributed by atoms with Gasteiger partial charge in [-0.25, -0.2) is 9.97 Å². The quantitative estimate of drug-likeness (QED) is 0.849. The van der Waals surface area contributed by atoms with Crippen molar-refractivity contribution in [3.05, 3.63) is 24.0 Å². The van der Waals surface area contributed by atoms with Crippen LogP contribution in [0.1, 0.15) is 30.3 Å². The topological polar surface area (TPSA) is 71.2 Å². The van der Waals surface area contributed by atoms with E-state index in [1.54, 1.807) is 6.33 Å². The molecule has 2 aromatic heterocycles. The highest BCUT2D eigenvalue weighted by atomic mass is 16.5. The maximum atomic E-state index is 5.38. The van der Waals surface area contributed by atoms with E-state index in [2.05, 4.69) is 25.0 Å². The molecular formula is C14H20N6O. The minimum Gasteiger partial charge on any atom is -0.356 e. The van der Waals surface area contributed by atoms with Gasteiger partial charge in [-0.3, -0.25) is 0 Å². The van der Waals surface area contributed by atoms with Crippen LogP contribution < -0.4 is 9.80 Å². The lowest BCUT2D eigenvalue weighted by molar-refractivity contribution is 0.329. The summed E-state index contributed by atoms with van der Waals surface area (Å²) < 4.78 is 5.38. The van der Waals surface area contributed by atoms with Crippen molar-refractivity contribution in [3.8, 4) is 0 Å². The summed E-state index contributed by atoms with van der Waals surface area (Å²) in [4.78, 5) is 17.1. The van der Waals surface area contributed by atoms with Crippen molar-refractivity contribution in [1.82, 2.24) is 20.1 Å². The maximum Gasteiger partial charge on any atom is 0.265 e. The van der Waals surface area contributed by atoms with Gasteiger partial charge in [0.05, 0.1) is 0 Å². The Hall–Kier alpha value is -2.18. The van der Waals surface area contributed by atoms with Gasteiger partial charge >= 0.3 is 0 Å². The van der Waals surface area contributed by atoms with Crippen LogP contribution in [0.4, 0.5) is 11.8 Å². The van der Waals surface area contributed by atoms with Gasteiger partial charge in [-0.2, -0.15) is 4.98 Å². The molecule has 0 saturated carbocycles. The zero-order valence-corrected chi connectivity index (χ0v) is 12.7. The lowest BCUT2D eigenvalue weighted by Crippen LogP contribution is -2.33. The summed E-state index contributed by atoms with van der Waals surface area (Å²) in [7, 11) is 3.82. The van der Waals surface area contributed by atoms with E-state index in [0.717, 1.165) is 43.3 Å². The van der Waals surface area contributed by atoms with Crippen LogP contribution in [0.2, 0.25) is 0 Å². The Morgan fingerprint density at radius 3 is 2.62 bits per heavy atom. The molecule has 0 unspecified atom stereocenters. The zero-order chi connectivity index (χ0) is 14.8. The fourth-order valence-electron chi connectivity index (χ4n) is 2.54. The van der Waals surface area contributed by atoms with E-state index in [-0.39, 0.29) is 0 Å². The van der Waals surface area contributed by atoms with Crippen LogP contribution in [0.15, 0.2) is 16.9 Å². The van der Waals surface area contributed by atoms with E-state index in [4.69, 9.17) is 4.52 Å². The summed E-state index contributed by atoms with van der Waals surface area (Å²) in [5.74, 6) is 2.72. The summed E-state index contributed by atoms with van der Waals surface area (Å²) in [5, 5.41) is 3.99. The Morgan fingerprint density at radius 2 is 2.00 bits per heavy atom. The van der Waals surface area contributed by atoms with Gasteiger partial charge in [-0.1, -0.05) is 0 Å². The molecular weight excluding hydrogens is 268 g/mol. The highest BCUT2D eigenvalue weighted by Crippen LogP contribution is 2.29. The first kappa shape index (κ1) is 13.8. The van der Waals surface area contributed by atoms with Gasteiger partial charge in [0.25, 0.3) is 5.95 Å². The van der Waals surface area contributed by atoms with Crippen LogP contribution in [0.5, 0.6) is 0 Å². The molecule has 7 heteroatoms. The van der Waals surface area contributed by atoms with E-state index in [9.17, 15) is 0 Å². The highest BCUT2D eigenvalue weighted by Gasteiger charge is 2.26. The average molecular weight is 288 g/mol. The third-order valence-electron chi connectivity index (χ3n) is 3.79. The number of anilines is 2. The molecule has 1 aliphatic rings. The number of rotatable bonds is 3. The number of nitrogens with zero attached hydrogens (tertiary/aromatic N) is 6. The molecule has 0 aliphatic carbocycles. The van der Waals surface area contributed by atoms with Crippen molar-refractivity contribution >= 4 is 11.8 Å². The van der Waals surface area contributed by atoms with Crippen LogP contribution in [-0.2, 0) is 0 Å². The molecule has 1 fully saturated rings. The average Bonchev–Trinajstić information content (AvgIpc) is 2.97. The van der Waals surface area contributed by atoms with Gasteiger partial charge in [0, 0.05) is 44.9 Å². The first-order chi connectivity index (χ1) is 10.1. The van der Waals surface area contributed by atoms with Gasteiger partial charge in [-0.05, 0) is 24.9 Å². The first-order valence-corrected chi connectivity index (χ1v) is 7.18. The summed E-state index contributed by atoms with van der Waals surface area (Å²) in [5.41, 5.74) is 0.995. The number of piperidine rings is 1. The molecule has 3 rings (SSSR count). The fraction of sp³-hybridized carbons (Fsp3) is 0.571. The Balaban J connectivity index is 1.64. The largest absolute Gasteiger partial charge is 0.356 e. The van der Waals surface area contributed by atoms with Crippen LogP contribution in [0.3, 0.4) is 0 Å². The molecule has 0 aromatic carbocycles. The second-order valence-corrected chi connectivity index (χ2v) is 5.61. The second-order valence-electron chi connectivity index (χ2n) is 5.61. The molecule has 0 spiro atoms. The van der Waals surface area contributed by atoms with Crippen molar-refractivity contribution in [2.24, 2.45) is 0 Å². The van der Waals surface area contributed by atoms with Crippen LogP contribution in [0, 0.1) is 6.92 Å². The van der Waals surface area contributed by atoms with E-state index in [1.807, 2.05) is 32.0 Å². The number of aryl methyl sites for hydroxylation is 1. The summed E-state index contributed by atoms with van der Waals surface area (Å²) in [6.45, 7) is 3.88. The van der Waals surface area contributed by atoms with Gasteiger partial charge < -0.3 is 14.3 Å². The van der Waals surface area contributed by atoms with Crippen molar-refractivity contribution < 1.29 is 4.52 Å². The SMILES string of the molecule is Cc1cc(N2CCC(c3nc(N(C)C)no3)CC2)ncn1. The monoisotopic (exact) mass is 288 g/mol. The molecule has 1 aliphatic heterocycles. The van der Waals surface area contributed by atoms with Crippen molar-refractivity contribution in [2.75, 3.05) is 37.0 Å². The molecule has 0 amide bonds. The maximum absolute atomic E-state index is 5.38. The third kappa shape index (κ3) is 2.96. The molecule has 0 atom stereocenters. The third-order valence-corrected chi connectivity index (χ3v) is 3.79. The van der Waals surface area contributed by atoms with Crippen LogP contribution in [0.25, 0.3) is 0 Å². The smallest absolute Gasteiger partial charge is 0.265 e. The standard InChI is InChI=1S/C14H20N6O/c1-10-8-12(16-9-15-10)20-6-4-11(5-7-20)13-17-14(18-21-13)19(2)3/h8-9,11H,4-7H2,1-3H3. The second kappa shape index (κ2) is 5.67. The molecule has 2 aromatic rings. The lowest BCUT2D eigenvalue weighted by atomic mass is 9.97. The van der Waals surface area contributed by atoms with Crippen molar-refractivity contribution in [1.29, 1.82) is 0 Å². The normalized spacial score (nSPS) is 16.2. The van der Waals surface area contributed by atoms with E-state index in [0.29, 0.717) is 11.9 Å². The van der Waals surface area contributed by atoms with Gasteiger partial charge in [0.15, 0.2) is 0 Å². The lowest BCUT2D eigenvalue weighted by Gasteiger charge is -2.31. The zero-order valence-electron chi connectivity index (χ0n) is 12.7. The Morgan fingerprint density at radius 1 is 1.24 bits per heavy atom. The first-order valence-electron chi connectivity index (χ1n) is 7.18. The summed E-state index contributed by atoms with van der Waals surface area (Å²) in [6.07, 6.45) is 3.62. The molecule has 0 radical (unpaired) electrons. The number of hydrogen-bond acceptors (Lipinski definition) is 7. The van der Waals surface area contributed by atoms with E-state index < -0.39 is 0 Å². The van der Waals surface area contributed by atoms with Crippen molar-refractivity contribution in [2.45, 2.75) is 25.7 Å². The molecule has 0 N–H and O–H groups in total. The number of hydrogen-bond donors (Lipinski definition) is 0. The molecule has 7 nitrogen and oxygen atoms in total. The Bertz CT molecular complexity index is 603. The molecule has 21 heavy (non-hydrogen) atoms. The molecule has 3 heterocycles. The van der Waals surface area contributed by atoms with Crippen molar-refractivity contribution in [3.63, 3.8) is 0 Å².